The second-order valence-electron chi connectivity index (χ2n) is 7.77. The van der Waals surface area contributed by atoms with Crippen LogP contribution in [0.2, 0.25) is 0 Å². The number of ether oxygens (including phenoxy) is 2. The lowest BCUT2D eigenvalue weighted by atomic mass is 9.87. The number of rotatable bonds is 10. The largest absolute Gasteiger partial charge is 0.506 e. The molecular weight excluding hydrogens is 455 g/mol. The Morgan fingerprint density at radius 2 is 1.80 bits per heavy atom. The smallest absolute Gasteiger partial charge is 0.343 e. The molecule has 0 fully saturated rings. The number of halogens is 1. The van der Waals surface area contributed by atoms with Gasteiger partial charge in [0.15, 0.2) is 0 Å². The van der Waals surface area contributed by atoms with Crippen molar-refractivity contribution in [1.29, 1.82) is 0 Å². The van der Waals surface area contributed by atoms with Crippen LogP contribution in [-0.2, 0) is 16.0 Å². The van der Waals surface area contributed by atoms with E-state index in [0.717, 1.165) is 11.8 Å². The number of aromatic hydroxyl groups is 1. The Morgan fingerprint density at radius 1 is 1.11 bits per heavy atom. The van der Waals surface area contributed by atoms with Crippen LogP contribution < -0.4 is 15.6 Å². The zero-order valence-corrected chi connectivity index (χ0v) is 19.5. The first kappa shape index (κ1) is 25.5. The van der Waals surface area contributed by atoms with E-state index in [1.54, 1.807) is 43.3 Å². The number of carbonyl (C=O) groups is 2. The predicted octanol–water partition coefficient (Wildman–Crippen LogP) is 3.29. The molecule has 3 N–H and O–H groups in total. The molecule has 3 aromatic rings. The molecule has 0 aliphatic heterocycles. The van der Waals surface area contributed by atoms with Gasteiger partial charge in [0.25, 0.3) is 5.56 Å². The standard InChI is InChI=1S/C26H27FN2O6/c1-3-35-26(33)21-15-29-25(32)23(24(21)31)20(17-6-10-19(34-2)11-7-17)14-22(30)28-13-12-16-4-8-18(27)9-5-16/h4-11,15,20H,3,12-14H2,1-2H3,(H,28,30)(H2,29,31,32). The van der Waals surface area contributed by atoms with Crippen LogP contribution in [0, 0.1) is 5.82 Å². The molecule has 0 saturated carbocycles. The third-order valence-electron chi connectivity index (χ3n) is 5.50. The van der Waals surface area contributed by atoms with Crippen molar-refractivity contribution in [2.45, 2.75) is 25.7 Å². The van der Waals surface area contributed by atoms with Gasteiger partial charge in [-0.25, -0.2) is 9.18 Å². The molecule has 1 heterocycles. The summed E-state index contributed by atoms with van der Waals surface area (Å²) in [6, 6.07) is 12.7. The molecule has 35 heavy (non-hydrogen) atoms. The van der Waals surface area contributed by atoms with Gasteiger partial charge in [0.1, 0.15) is 22.9 Å². The number of nitrogens with one attached hydrogen (secondary N) is 2. The minimum atomic E-state index is -0.857. The summed E-state index contributed by atoms with van der Waals surface area (Å²) in [7, 11) is 1.51. The Morgan fingerprint density at radius 3 is 2.43 bits per heavy atom. The Kier molecular flexibility index (Phi) is 8.61. The fraction of sp³-hybridized carbons (Fsp3) is 0.269. The van der Waals surface area contributed by atoms with Crippen molar-refractivity contribution in [3.8, 4) is 11.5 Å². The first-order valence-corrected chi connectivity index (χ1v) is 11.1. The number of hydrogen-bond acceptors (Lipinski definition) is 6. The summed E-state index contributed by atoms with van der Waals surface area (Å²) in [5.74, 6) is -2.31. The van der Waals surface area contributed by atoms with Crippen molar-refractivity contribution in [1.82, 2.24) is 10.3 Å². The summed E-state index contributed by atoms with van der Waals surface area (Å²) >= 11 is 0. The van der Waals surface area contributed by atoms with Gasteiger partial charge in [-0.05, 0) is 48.7 Å². The number of H-pyrrole nitrogens is 1. The van der Waals surface area contributed by atoms with E-state index >= 15 is 0 Å². The third kappa shape index (κ3) is 6.47. The average Bonchev–Trinajstić information content (AvgIpc) is 2.85. The van der Waals surface area contributed by atoms with Crippen LogP contribution in [0.5, 0.6) is 11.5 Å². The van der Waals surface area contributed by atoms with Gasteiger partial charge in [-0.2, -0.15) is 0 Å². The van der Waals surface area contributed by atoms with Crippen molar-refractivity contribution >= 4 is 11.9 Å². The average molecular weight is 483 g/mol. The maximum Gasteiger partial charge on any atom is 0.343 e. The lowest BCUT2D eigenvalue weighted by Gasteiger charge is -2.19. The van der Waals surface area contributed by atoms with E-state index in [-0.39, 0.29) is 35.9 Å². The number of amides is 1. The first-order valence-electron chi connectivity index (χ1n) is 11.1. The van der Waals surface area contributed by atoms with Gasteiger partial charge < -0.3 is 24.9 Å². The quantitative estimate of drug-likeness (QED) is 0.382. The molecular formula is C26H27FN2O6. The number of pyridine rings is 1. The topological polar surface area (TPSA) is 118 Å². The molecule has 0 aliphatic carbocycles. The highest BCUT2D eigenvalue weighted by molar-refractivity contribution is 5.92. The summed E-state index contributed by atoms with van der Waals surface area (Å²) in [6.07, 6.45) is 1.41. The summed E-state index contributed by atoms with van der Waals surface area (Å²) in [5.41, 5.74) is 0.484. The fourth-order valence-electron chi connectivity index (χ4n) is 3.70. The minimum absolute atomic E-state index is 0.0884. The van der Waals surface area contributed by atoms with Gasteiger partial charge in [0, 0.05) is 25.1 Å². The van der Waals surface area contributed by atoms with E-state index in [2.05, 4.69) is 10.3 Å². The molecule has 0 saturated heterocycles. The maximum absolute atomic E-state index is 13.1. The van der Waals surface area contributed by atoms with Gasteiger partial charge >= 0.3 is 5.97 Å². The number of aromatic amines is 1. The molecule has 9 heteroatoms. The number of hydrogen-bond donors (Lipinski definition) is 3. The highest BCUT2D eigenvalue weighted by Crippen LogP contribution is 2.34. The summed E-state index contributed by atoms with van der Waals surface area (Å²) in [5, 5.41) is 13.6. The molecule has 1 unspecified atom stereocenters. The van der Waals surface area contributed by atoms with Gasteiger partial charge in [-0.3, -0.25) is 9.59 Å². The van der Waals surface area contributed by atoms with E-state index in [9.17, 15) is 23.9 Å². The van der Waals surface area contributed by atoms with Crippen molar-refractivity contribution in [3.05, 3.63) is 93.2 Å². The van der Waals surface area contributed by atoms with E-state index in [0.29, 0.717) is 24.3 Å². The molecule has 3 rings (SSSR count). The van der Waals surface area contributed by atoms with Gasteiger partial charge in [0.05, 0.1) is 19.3 Å². The van der Waals surface area contributed by atoms with Crippen LogP contribution in [0.25, 0.3) is 0 Å². The molecule has 0 aliphatic rings. The monoisotopic (exact) mass is 482 g/mol. The van der Waals surface area contributed by atoms with Crippen molar-refractivity contribution < 1.29 is 28.6 Å². The van der Waals surface area contributed by atoms with E-state index < -0.39 is 23.2 Å². The van der Waals surface area contributed by atoms with Gasteiger partial charge in [0.2, 0.25) is 5.91 Å². The fourth-order valence-corrected chi connectivity index (χ4v) is 3.70. The first-order chi connectivity index (χ1) is 16.8. The second kappa shape index (κ2) is 11.8. The summed E-state index contributed by atoms with van der Waals surface area (Å²) in [6.45, 7) is 2.01. The normalized spacial score (nSPS) is 11.5. The van der Waals surface area contributed by atoms with Crippen molar-refractivity contribution in [3.63, 3.8) is 0 Å². The molecule has 0 spiro atoms. The molecule has 184 valence electrons. The number of aromatic nitrogens is 1. The van der Waals surface area contributed by atoms with Crippen LogP contribution in [0.15, 0.2) is 59.5 Å². The summed E-state index contributed by atoms with van der Waals surface area (Å²) in [4.78, 5) is 40.3. The second-order valence-corrected chi connectivity index (χ2v) is 7.77. The number of benzene rings is 2. The molecule has 1 aromatic heterocycles. The van der Waals surface area contributed by atoms with Crippen LogP contribution in [0.3, 0.4) is 0 Å². The zero-order chi connectivity index (χ0) is 25.4. The lowest BCUT2D eigenvalue weighted by Crippen LogP contribution is -2.29. The van der Waals surface area contributed by atoms with E-state index in [4.69, 9.17) is 9.47 Å². The van der Waals surface area contributed by atoms with E-state index in [1.165, 1.54) is 19.2 Å². The Balaban J connectivity index is 1.88. The number of methoxy groups -OCH3 is 1. The highest BCUT2D eigenvalue weighted by atomic mass is 19.1. The minimum Gasteiger partial charge on any atom is -0.506 e. The SMILES string of the molecule is CCOC(=O)c1c[nH]c(=O)c(C(CC(=O)NCCc2ccc(F)cc2)c2ccc(OC)cc2)c1O. The number of esters is 1. The lowest BCUT2D eigenvalue weighted by molar-refractivity contribution is -0.121. The van der Waals surface area contributed by atoms with Crippen LogP contribution in [0.1, 0.15) is 46.3 Å². The highest BCUT2D eigenvalue weighted by Gasteiger charge is 2.28. The van der Waals surface area contributed by atoms with E-state index in [1.807, 2.05) is 0 Å². The van der Waals surface area contributed by atoms with Crippen LogP contribution in [0.4, 0.5) is 4.39 Å². The third-order valence-corrected chi connectivity index (χ3v) is 5.50. The molecule has 1 atom stereocenters. The maximum atomic E-state index is 13.1. The molecule has 2 aromatic carbocycles. The summed E-state index contributed by atoms with van der Waals surface area (Å²) < 4.78 is 23.2. The van der Waals surface area contributed by atoms with Crippen LogP contribution in [-0.4, -0.2) is 42.2 Å². The molecule has 0 bridgehead atoms. The predicted molar refractivity (Wildman–Crippen MR) is 127 cm³/mol. The zero-order valence-electron chi connectivity index (χ0n) is 19.5. The van der Waals surface area contributed by atoms with Crippen molar-refractivity contribution in [2.75, 3.05) is 20.3 Å². The Labute approximate surface area is 201 Å². The Hall–Kier alpha value is -4.14. The molecule has 0 radical (unpaired) electrons. The molecule has 8 nitrogen and oxygen atoms in total. The number of carbonyl (C=O) groups excluding carboxylic acids is 2. The van der Waals surface area contributed by atoms with Crippen molar-refractivity contribution in [2.24, 2.45) is 0 Å². The van der Waals surface area contributed by atoms with Crippen LogP contribution >= 0.6 is 0 Å². The van der Waals surface area contributed by atoms with Gasteiger partial charge in [-0.15, -0.1) is 0 Å². The Bertz CT molecular complexity index is 1220. The van der Waals surface area contributed by atoms with Gasteiger partial charge in [-0.1, -0.05) is 24.3 Å². The molecule has 1 amide bonds.